The predicted octanol–water partition coefficient (Wildman–Crippen LogP) is 1.75. The van der Waals surface area contributed by atoms with Crippen LogP contribution in [0.3, 0.4) is 0 Å². The molecule has 4 heterocycles. The van der Waals surface area contributed by atoms with Crippen LogP contribution in [0.15, 0.2) is 10.9 Å². The van der Waals surface area contributed by atoms with Crippen LogP contribution in [0.25, 0.3) is 4.96 Å². The van der Waals surface area contributed by atoms with E-state index >= 15 is 0 Å². The molecule has 2 fully saturated rings. The molecule has 28 heavy (non-hydrogen) atoms. The molecule has 0 bridgehead atoms. The molecule has 1 amide bonds. The van der Waals surface area contributed by atoms with Crippen molar-refractivity contribution < 1.29 is 4.79 Å². The van der Waals surface area contributed by atoms with Crippen molar-refractivity contribution in [2.75, 3.05) is 44.2 Å². The largest absolute Gasteiger partial charge is 0.349 e. The zero-order valence-electron chi connectivity index (χ0n) is 16.2. The molecule has 2 saturated heterocycles. The van der Waals surface area contributed by atoms with Gasteiger partial charge in [0.1, 0.15) is 5.69 Å². The lowest BCUT2D eigenvalue weighted by atomic mass is 10.1. The highest BCUT2D eigenvalue weighted by molar-refractivity contribution is 7.20. The SMILES string of the molecule is O=C(NCCN1CCCCCC1)c1cc(=O)nc2sc(N3CCCCC3)nn12. The molecule has 1 N–H and O–H groups in total. The van der Waals surface area contributed by atoms with Crippen LogP contribution in [0, 0.1) is 0 Å². The third-order valence-electron chi connectivity index (χ3n) is 5.52. The number of carbonyl (C=O) groups excluding carboxylic acids is 1. The summed E-state index contributed by atoms with van der Waals surface area (Å²) in [4.78, 5) is 33.9. The van der Waals surface area contributed by atoms with Gasteiger partial charge in [-0.2, -0.15) is 9.50 Å². The van der Waals surface area contributed by atoms with Crippen molar-refractivity contribution in [1.82, 2.24) is 24.8 Å². The van der Waals surface area contributed by atoms with Crippen molar-refractivity contribution in [3.63, 3.8) is 0 Å². The number of rotatable bonds is 5. The van der Waals surface area contributed by atoms with Crippen LogP contribution in [0.1, 0.15) is 55.4 Å². The molecule has 2 aliphatic rings. The van der Waals surface area contributed by atoms with Crippen molar-refractivity contribution in [2.24, 2.45) is 0 Å². The molecule has 0 aromatic carbocycles. The minimum atomic E-state index is -0.397. The minimum absolute atomic E-state index is 0.264. The summed E-state index contributed by atoms with van der Waals surface area (Å²) in [5.74, 6) is -0.264. The number of nitrogens with zero attached hydrogens (tertiary/aromatic N) is 5. The molecule has 2 aromatic rings. The molecular formula is C19H28N6O2S. The lowest BCUT2D eigenvalue weighted by Gasteiger charge is -2.25. The van der Waals surface area contributed by atoms with E-state index in [4.69, 9.17) is 0 Å². The number of likely N-dealkylation sites (tertiary alicyclic amines) is 1. The number of carbonyl (C=O) groups is 1. The van der Waals surface area contributed by atoms with Gasteiger partial charge in [0.05, 0.1) is 0 Å². The van der Waals surface area contributed by atoms with Gasteiger partial charge in [0, 0.05) is 32.2 Å². The molecule has 0 radical (unpaired) electrons. The molecule has 2 aromatic heterocycles. The summed E-state index contributed by atoms with van der Waals surface area (Å²) in [5, 5.41) is 8.39. The van der Waals surface area contributed by atoms with Crippen molar-refractivity contribution in [2.45, 2.75) is 44.9 Å². The predicted molar refractivity (Wildman–Crippen MR) is 110 cm³/mol. The number of piperidine rings is 1. The van der Waals surface area contributed by atoms with Crippen LogP contribution in [0.5, 0.6) is 0 Å². The maximum Gasteiger partial charge on any atom is 0.274 e. The number of aromatic nitrogens is 3. The van der Waals surface area contributed by atoms with Crippen molar-refractivity contribution in [3.05, 3.63) is 22.1 Å². The first-order chi connectivity index (χ1) is 13.7. The fourth-order valence-corrected chi connectivity index (χ4v) is 4.92. The molecule has 152 valence electrons. The number of nitrogens with one attached hydrogen (secondary N) is 1. The first-order valence-electron chi connectivity index (χ1n) is 10.4. The van der Waals surface area contributed by atoms with Gasteiger partial charge >= 0.3 is 0 Å². The molecule has 0 saturated carbocycles. The number of hydrogen-bond donors (Lipinski definition) is 1. The summed E-state index contributed by atoms with van der Waals surface area (Å²) in [5.41, 5.74) is -0.128. The van der Waals surface area contributed by atoms with E-state index in [0.29, 0.717) is 11.5 Å². The average molecular weight is 405 g/mol. The van der Waals surface area contributed by atoms with Crippen LogP contribution in [0.2, 0.25) is 0 Å². The Hall–Kier alpha value is -2.00. The quantitative estimate of drug-likeness (QED) is 0.818. The van der Waals surface area contributed by atoms with Crippen molar-refractivity contribution in [1.29, 1.82) is 0 Å². The summed E-state index contributed by atoms with van der Waals surface area (Å²) in [6.45, 7) is 5.52. The first kappa shape index (κ1) is 19.3. The summed E-state index contributed by atoms with van der Waals surface area (Å²) in [7, 11) is 0. The summed E-state index contributed by atoms with van der Waals surface area (Å²) >= 11 is 1.38. The second kappa shape index (κ2) is 9.00. The summed E-state index contributed by atoms with van der Waals surface area (Å²) in [6, 6.07) is 1.29. The fourth-order valence-electron chi connectivity index (χ4n) is 3.96. The van der Waals surface area contributed by atoms with Gasteiger partial charge in [-0.15, -0.1) is 5.10 Å². The Morgan fingerprint density at radius 2 is 1.71 bits per heavy atom. The smallest absolute Gasteiger partial charge is 0.274 e. The lowest BCUT2D eigenvalue weighted by Crippen LogP contribution is -2.36. The van der Waals surface area contributed by atoms with Gasteiger partial charge in [-0.25, -0.2) is 0 Å². The van der Waals surface area contributed by atoms with Crippen molar-refractivity contribution in [3.8, 4) is 0 Å². The summed E-state index contributed by atoms with van der Waals surface area (Å²) < 4.78 is 1.53. The third kappa shape index (κ3) is 4.52. The minimum Gasteiger partial charge on any atom is -0.349 e. The van der Waals surface area contributed by atoms with Gasteiger partial charge in [-0.1, -0.05) is 24.2 Å². The lowest BCUT2D eigenvalue weighted by molar-refractivity contribution is 0.0941. The highest BCUT2D eigenvalue weighted by Gasteiger charge is 2.20. The van der Waals surface area contributed by atoms with Gasteiger partial charge in [0.25, 0.3) is 11.5 Å². The van der Waals surface area contributed by atoms with Crippen LogP contribution < -0.4 is 15.8 Å². The molecule has 4 rings (SSSR count). The molecule has 0 atom stereocenters. The zero-order chi connectivity index (χ0) is 19.3. The van der Waals surface area contributed by atoms with Gasteiger partial charge in [0.15, 0.2) is 0 Å². The van der Waals surface area contributed by atoms with Gasteiger partial charge in [0.2, 0.25) is 10.1 Å². The molecular weight excluding hydrogens is 376 g/mol. The molecule has 0 spiro atoms. The van der Waals surface area contributed by atoms with Gasteiger partial charge < -0.3 is 15.1 Å². The Balaban J connectivity index is 1.46. The van der Waals surface area contributed by atoms with E-state index in [2.05, 4.69) is 25.2 Å². The number of fused-ring (bicyclic) bond motifs is 1. The molecule has 9 heteroatoms. The Bertz CT molecular complexity index is 865. The Morgan fingerprint density at radius 3 is 2.46 bits per heavy atom. The van der Waals surface area contributed by atoms with E-state index in [1.54, 1.807) is 0 Å². The molecule has 0 aliphatic carbocycles. The third-order valence-corrected chi connectivity index (χ3v) is 6.48. The summed E-state index contributed by atoms with van der Waals surface area (Å²) in [6.07, 6.45) is 8.57. The second-order valence-corrected chi connectivity index (χ2v) is 8.55. The van der Waals surface area contributed by atoms with E-state index in [9.17, 15) is 9.59 Å². The van der Waals surface area contributed by atoms with Crippen LogP contribution in [0.4, 0.5) is 5.13 Å². The van der Waals surface area contributed by atoms with Gasteiger partial charge in [-0.05, 0) is 45.2 Å². The number of hydrogen-bond acceptors (Lipinski definition) is 7. The van der Waals surface area contributed by atoms with E-state index in [1.165, 1.54) is 54.0 Å². The molecule has 0 unspecified atom stereocenters. The topological polar surface area (TPSA) is 82.8 Å². The Kier molecular flexibility index (Phi) is 6.21. The zero-order valence-corrected chi connectivity index (χ0v) is 17.0. The van der Waals surface area contributed by atoms with E-state index in [1.807, 2.05) is 0 Å². The molecule has 2 aliphatic heterocycles. The Labute approximate surface area is 168 Å². The molecule has 8 nitrogen and oxygen atoms in total. The van der Waals surface area contributed by atoms with E-state index < -0.39 is 5.56 Å². The first-order valence-corrected chi connectivity index (χ1v) is 11.2. The average Bonchev–Trinajstić information content (AvgIpc) is 2.96. The maximum atomic E-state index is 12.7. The standard InChI is InChI=1S/C19H28N6O2S/c26-16-14-15(17(27)20-8-13-23-9-4-1-2-5-10-23)25-18(21-16)28-19(22-25)24-11-6-3-7-12-24/h14H,1-13H2,(H,20,27). The normalized spacial score (nSPS) is 18.9. The van der Waals surface area contributed by atoms with Crippen LogP contribution in [-0.2, 0) is 0 Å². The number of amides is 1. The Morgan fingerprint density at radius 1 is 1.04 bits per heavy atom. The van der Waals surface area contributed by atoms with Gasteiger partial charge in [-0.3, -0.25) is 9.59 Å². The highest BCUT2D eigenvalue weighted by atomic mass is 32.1. The highest BCUT2D eigenvalue weighted by Crippen LogP contribution is 2.25. The second-order valence-electron chi connectivity index (χ2n) is 7.62. The van der Waals surface area contributed by atoms with E-state index in [-0.39, 0.29) is 11.6 Å². The van der Waals surface area contributed by atoms with Crippen LogP contribution >= 0.6 is 11.3 Å². The van der Waals surface area contributed by atoms with Crippen molar-refractivity contribution >= 4 is 27.3 Å². The number of anilines is 1. The van der Waals surface area contributed by atoms with Crippen LogP contribution in [-0.4, -0.2) is 64.7 Å². The monoisotopic (exact) mass is 404 g/mol. The fraction of sp³-hybridized carbons (Fsp3) is 0.684. The maximum absolute atomic E-state index is 12.7. The van der Waals surface area contributed by atoms with E-state index in [0.717, 1.165) is 50.7 Å².